The summed E-state index contributed by atoms with van der Waals surface area (Å²) in [5.74, 6) is 0.972. The van der Waals surface area contributed by atoms with Crippen molar-refractivity contribution in [1.29, 1.82) is 0 Å². The molecule has 2 aliphatic rings. The lowest BCUT2D eigenvalue weighted by atomic mass is 9.56. The Morgan fingerprint density at radius 3 is 2.68 bits per heavy atom. The normalized spacial score (nSPS) is 34.3. The average molecular weight is 342 g/mol. The van der Waals surface area contributed by atoms with Crippen molar-refractivity contribution in [1.82, 2.24) is 0 Å². The Bertz CT molecular complexity index is 636. The summed E-state index contributed by atoms with van der Waals surface area (Å²) in [6, 6.07) is 9.23. The van der Waals surface area contributed by atoms with Gasteiger partial charge in [-0.2, -0.15) is 0 Å². The number of allylic oxidation sites excluding steroid dienone is 1. The molecule has 1 aromatic carbocycles. The van der Waals surface area contributed by atoms with E-state index in [2.05, 4.69) is 33.8 Å². The molecule has 0 unspecified atom stereocenters. The van der Waals surface area contributed by atoms with E-state index >= 15 is 0 Å². The van der Waals surface area contributed by atoms with Gasteiger partial charge < -0.3 is 9.47 Å². The number of rotatable bonds is 5. The predicted molar refractivity (Wildman–Crippen MR) is 99.4 cm³/mol. The summed E-state index contributed by atoms with van der Waals surface area (Å²) in [5.41, 5.74) is 1.92. The number of benzene rings is 1. The molecule has 0 spiro atoms. The van der Waals surface area contributed by atoms with Gasteiger partial charge in [0.2, 0.25) is 0 Å². The first-order valence-corrected chi connectivity index (χ1v) is 9.51. The Morgan fingerprint density at radius 1 is 1.28 bits per heavy atom. The first kappa shape index (κ1) is 18.2. The molecular formula is C22H30O3. The van der Waals surface area contributed by atoms with Crippen molar-refractivity contribution in [3.63, 3.8) is 0 Å². The molecule has 1 aliphatic heterocycles. The molecule has 1 aliphatic carbocycles. The van der Waals surface area contributed by atoms with Crippen LogP contribution in [0.25, 0.3) is 0 Å². The summed E-state index contributed by atoms with van der Waals surface area (Å²) >= 11 is 0. The zero-order valence-electron chi connectivity index (χ0n) is 15.8. The standard InChI is InChI=1S/C22H30O3/c1-5-9-19-20-15(2)12-16(3)22(13-24-19,17(20)4)14-25-21(23)18-10-7-6-8-11-18/h6-8,10-12,16-17,19-20H,5,9,13-14H2,1-4H3/t16-,17+,19-,20+,22-/m1/s1. The molecular weight excluding hydrogens is 312 g/mol. The predicted octanol–water partition coefficient (Wildman–Crippen LogP) is 4.88. The molecule has 136 valence electrons. The highest BCUT2D eigenvalue weighted by Gasteiger charge is 2.53. The Morgan fingerprint density at radius 2 is 2.00 bits per heavy atom. The van der Waals surface area contributed by atoms with E-state index in [1.165, 1.54) is 5.57 Å². The van der Waals surface area contributed by atoms with Gasteiger partial charge in [-0.05, 0) is 37.3 Å². The fraction of sp³-hybridized carbons (Fsp3) is 0.591. The lowest BCUT2D eigenvalue weighted by Gasteiger charge is -2.55. The minimum atomic E-state index is -0.243. The average Bonchev–Trinajstić information content (AvgIpc) is 2.61. The van der Waals surface area contributed by atoms with Crippen molar-refractivity contribution < 1.29 is 14.3 Å². The maximum atomic E-state index is 12.4. The highest BCUT2D eigenvalue weighted by Crippen LogP contribution is 2.53. The van der Waals surface area contributed by atoms with E-state index < -0.39 is 0 Å². The molecule has 1 saturated heterocycles. The molecule has 1 fully saturated rings. The zero-order valence-corrected chi connectivity index (χ0v) is 15.8. The summed E-state index contributed by atoms with van der Waals surface area (Å²) in [4.78, 5) is 12.4. The fourth-order valence-corrected chi connectivity index (χ4v) is 4.79. The van der Waals surface area contributed by atoms with Gasteiger partial charge in [-0.1, -0.05) is 57.0 Å². The zero-order chi connectivity index (χ0) is 18.0. The second kappa shape index (κ2) is 7.33. The Hall–Kier alpha value is -1.61. The summed E-state index contributed by atoms with van der Waals surface area (Å²) in [6.07, 6.45) is 4.90. The molecule has 1 aromatic rings. The van der Waals surface area contributed by atoms with Gasteiger partial charge in [0.05, 0.1) is 18.3 Å². The van der Waals surface area contributed by atoms with Crippen LogP contribution in [0, 0.1) is 23.2 Å². The van der Waals surface area contributed by atoms with Crippen molar-refractivity contribution in [2.75, 3.05) is 13.2 Å². The summed E-state index contributed by atoms with van der Waals surface area (Å²) in [7, 11) is 0. The Labute approximate surface area is 151 Å². The lowest BCUT2D eigenvalue weighted by Crippen LogP contribution is -2.56. The fourth-order valence-electron chi connectivity index (χ4n) is 4.79. The summed E-state index contributed by atoms with van der Waals surface area (Å²) < 4.78 is 12.1. The van der Waals surface area contributed by atoms with E-state index in [4.69, 9.17) is 9.47 Å². The molecule has 3 rings (SSSR count). The molecule has 5 atom stereocenters. The maximum absolute atomic E-state index is 12.4. The van der Waals surface area contributed by atoms with Crippen LogP contribution in [0.1, 0.15) is 50.9 Å². The third-order valence-corrected chi connectivity index (χ3v) is 6.41. The van der Waals surface area contributed by atoms with Crippen LogP contribution in [0.5, 0.6) is 0 Å². The number of esters is 1. The van der Waals surface area contributed by atoms with Crippen molar-refractivity contribution in [3.05, 3.63) is 47.5 Å². The van der Waals surface area contributed by atoms with Crippen molar-refractivity contribution in [3.8, 4) is 0 Å². The van der Waals surface area contributed by atoms with Crippen LogP contribution in [0.15, 0.2) is 42.0 Å². The largest absolute Gasteiger partial charge is 0.461 e. The van der Waals surface area contributed by atoms with Crippen LogP contribution in [0.2, 0.25) is 0 Å². The third-order valence-electron chi connectivity index (χ3n) is 6.41. The number of hydrogen-bond acceptors (Lipinski definition) is 3. The van der Waals surface area contributed by atoms with E-state index in [1.54, 1.807) is 12.1 Å². The number of fused-ring (bicyclic) bond motifs is 2. The van der Waals surface area contributed by atoms with Gasteiger partial charge in [0.1, 0.15) is 6.61 Å². The molecule has 0 aromatic heterocycles. The topological polar surface area (TPSA) is 35.5 Å². The summed E-state index contributed by atoms with van der Waals surface area (Å²) in [6.45, 7) is 10.1. The molecule has 2 bridgehead atoms. The van der Waals surface area contributed by atoms with Crippen LogP contribution in [-0.2, 0) is 9.47 Å². The summed E-state index contributed by atoms with van der Waals surface area (Å²) in [5, 5.41) is 0. The van der Waals surface area contributed by atoms with Crippen LogP contribution in [0.3, 0.4) is 0 Å². The van der Waals surface area contributed by atoms with Crippen LogP contribution in [-0.4, -0.2) is 25.3 Å². The molecule has 3 heteroatoms. The quantitative estimate of drug-likeness (QED) is 0.565. The third kappa shape index (κ3) is 3.27. The van der Waals surface area contributed by atoms with Gasteiger partial charge >= 0.3 is 5.97 Å². The molecule has 3 nitrogen and oxygen atoms in total. The number of carbonyl (C=O) groups excluding carboxylic acids is 1. The number of carbonyl (C=O) groups is 1. The molecule has 1 heterocycles. The van der Waals surface area contributed by atoms with E-state index in [0.29, 0.717) is 42.6 Å². The highest BCUT2D eigenvalue weighted by atomic mass is 16.5. The van der Waals surface area contributed by atoms with Gasteiger partial charge in [-0.3, -0.25) is 0 Å². The molecule has 0 N–H and O–H groups in total. The first-order valence-electron chi connectivity index (χ1n) is 9.51. The van der Waals surface area contributed by atoms with Gasteiger partial charge in [0.25, 0.3) is 0 Å². The lowest BCUT2D eigenvalue weighted by molar-refractivity contribution is -0.165. The van der Waals surface area contributed by atoms with E-state index in [-0.39, 0.29) is 11.4 Å². The second-order valence-electron chi connectivity index (χ2n) is 7.83. The highest BCUT2D eigenvalue weighted by molar-refractivity contribution is 5.89. The van der Waals surface area contributed by atoms with Gasteiger partial charge in [0.15, 0.2) is 0 Å². The molecule has 25 heavy (non-hydrogen) atoms. The van der Waals surface area contributed by atoms with Gasteiger partial charge in [-0.25, -0.2) is 4.79 Å². The number of hydrogen-bond donors (Lipinski definition) is 0. The minimum Gasteiger partial charge on any atom is -0.461 e. The van der Waals surface area contributed by atoms with Gasteiger partial charge in [0, 0.05) is 11.3 Å². The van der Waals surface area contributed by atoms with E-state index in [1.807, 2.05) is 18.2 Å². The molecule has 0 radical (unpaired) electrons. The second-order valence-corrected chi connectivity index (χ2v) is 7.83. The van der Waals surface area contributed by atoms with Crippen molar-refractivity contribution in [2.45, 2.75) is 46.6 Å². The Balaban J connectivity index is 1.79. The van der Waals surface area contributed by atoms with Crippen molar-refractivity contribution in [2.24, 2.45) is 23.2 Å². The molecule has 0 amide bonds. The molecule has 0 saturated carbocycles. The number of ether oxygens (including phenoxy) is 2. The minimum absolute atomic E-state index is 0.126. The monoisotopic (exact) mass is 342 g/mol. The van der Waals surface area contributed by atoms with Crippen molar-refractivity contribution >= 4 is 5.97 Å². The van der Waals surface area contributed by atoms with Crippen LogP contribution >= 0.6 is 0 Å². The SMILES string of the molecule is CCC[C@H]1OC[C@@]2(COC(=O)c3ccccc3)[C@H](C)C=C(C)[C@H]1[C@@H]2C. The van der Waals surface area contributed by atoms with Gasteiger partial charge in [-0.15, -0.1) is 0 Å². The van der Waals surface area contributed by atoms with Crippen LogP contribution in [0.4, 0.5) is 0 Å². The van der Waals surface area contributed by atoms with E-state index in [0.717, 1.165) is 12.8 Å². The first-order chi connectivity index (χ1) is 12.0. The smallest absolute Gasteiger partial charge is 0.338 e. The Kier molecular flexibility index (Phi) is 5.33. The van der Waals surface area contributed by atoms with Crippen LogP contribution < -0.4 is 0 Å². The maximum Gasteiger partial charge on any atom is 0.338 e. The van der Waals surface area contributed by atoms with E-state index in [9.17, 15) is 4.79 Å².